The van der Waals surface area contributed by atoms with Crippen LogP contribution >= 0.6 is 0 Å². The second-order valence-corrected chi connectivity index (χ2v) is 9.30. The van der Waals surface area contributed by atoms with E-state index in [0.29, 0.717) is 13.0 Å². The topological polar surface area (TPSA) is 35.5 Å². The van der Waals surface area contributed by atoms with Crippen LogP contribution in [0.25, 0.3) is 0 Å². The smallest absolute Gasteiger partial charge is 0.305 e. The highest BCUT2D eigenvalue weighted by Gasteiger charge is 2.02. The molecule has 0 saturated carbocycles. The van der Waals surface area contributed by atoms with Crippen LogP contribution in [-0.4, -0.2) is 25.8 Å². The first-order valence-electron chi connectivity index (χ1n) is 14.0. The molecule has 0 unspecified atom stereocenters. The van der Waals surface area contributed by atoms with Crippen molar-refractivity contribution in [1.82, 2.24) is 0 Å². The van der Waals surface area contributed by atoms with Gasteiger partial charge in [0.05, 0.1) is 6.61 Å². The molecule has 0 fully saturated rings. The summed E-state index contributed by atoms with van der Waals surface area (Å²) < 4.78 is 10.9. The first kappa shape index (κ1) is 30.4. The second kappa shape index (κ2) is 27.5. The summed E-state index contributed by atoms with van der Waals surface area (Å²) in [5.74, 6) is 0.00676. The van der Waals surface area contributed by atoms with Crippen molar-refractivity contribution in [2.24, 2.45) is 0 Å². The third kappa shape index (κ3) is 27.4. The molecule has 0 aliphatic carbocycles. The predicted molar refractivity (Wildman–Crippen MR) is 135 cm³/mol. The summed E-state index contributed by atoms with van der Waals surface area (Å²) in [4.78, 5) is 11.8. The van der Waals surface area contributed by atoms with Crippen molar-refractivity contribution in [1.29, 1.82) is 0 Å². The Morgan fingerprint density at radius 2 is 0.839 bits per heavy atom. The number of ether oxygens (including phenoxy) is 2. The fourth-order valence-corrected chi connectivity index (χ4v) is 3.91. The maximum atomic E-state index is 11.8. The minimum atomic E-state index is 0.00676. The molecule has 0 bridgehead atoms. The van der Waals surface area contributed by atoms with Crippen LogP contribution in [0.2, 0.25) is 0 Å². The summed E-state index contributed by atoms with van der Waals surface area (Å²) >= 11 is 0. The lowest BCUT2D eigenvalue weighted by atomic mass is 10.0. The normalized spacial score (nSPS) is 11.2. The highest BCUT2D eigenvalue weighted by Crippen LogP contribution is 2.13. The van der Waals surface area contributed by atoms with E-state index in [2.05, 4.69) is 13.8 Å². The van der Waals surface area contributed by atoms with Crippen molar-refractivity contribution in [3.63, 3.8) is 0 Å². The molecule has 186 valence electrons. The van der Waals surface area contributed by atoms with E-state index in [1.165, 1.54) is 122 Å². The molecule has 0 heterocycles. The molecule has 3 nitrogen and oxygen atoms in total. The number of esters is 1. The van der Waals surface area contributed by atoms with Crippen molar-refractivity contribution < 1.29 is 14.3 Å². The van der Waals surface area contributed by atoms with Crippen LogP contribution in [0, 0.1) is 0 Å². The van der Waals surface area contributed by atoms with Crippen molar-refractivity contribution in [2.45, 2.75) is 155 Å². The summed E-state index contributed by atoms with van der Waals surface area (Å²) in [6, 6.07) is 0. The Hall–Kier alpha value is -0.570. The van der Waals surface area contributed by atoms with Crippen LogP contribution in [-0.2, 0) is 14.3 Å². The molecule has 0 saturated heterocycles. The predicted octanol–water partition coefficient (Wildman–Crippen LogP) is 9.17. The highest BCUT2D eigenvalue weighted by atomic mass is 16.5. The number of hydrogen-bond donors (Lipinski definition) is 0. The van der Waals surface area contributed by atoms with Crippen LogP contribution < -0.4 is 0 Å². The Kier molecular flexibility index (Phi) is 27.0. The molecule has 0 atom stereocenters. The fourth-order valence-electron chi connectivity index (χ4n) is 3.91. The average molecular weight is 441 g/mol. The van der Waals surface area contributed by atoms with Gasteiger partial charge in [-0.15, -0.1) is 0 Å². The van der Waals surface area contributed by atoms with Gasteiger partial charge in [-0.25, -0.2) is 0 Å². The average Bonchev–Trinajstić information content (AvgIpc) is 2.77. The standard InChI is InChI=1S/C28H56O3/c1-3-5-7-8-9-10-11-12-13-14-15-18-21-24-28(29)31-27-23-20-17-16-19-22-26-30-25-6-4-2/h3-27H2,1-2H3. The molecular formula is C28H56O3. The van der Waals surface area contributed by atoms with Gasteiger partial charge in [-0.2, -0.15) is 0 Å². The van der Waals surface area contributed by atoms with Crippen molar-refractivity contribution in [2.75, 3.05) is 19.8 Å². The van der Waals surface area contributed by atoms with E-state index in [4.69, 9.17) is 9.47 Å². The van der Waals surface area contributed by atoms with E-state index in [1.807, 2.05) is 0 Å². The molecular weight excluding hydrogens is 384 g/mol. The summed E-state index contributed by atoms with van der Waals surface area (Å²) in [5.41, 5.74) is 0. The molecule has 0 aliphatic heterocycles. The Morgan fingerprint density at radius 3 is 1.35 bits per heavy atom. The van der Waals surface area contributed by atoms with Crippen LogP contribution in [0.4, 0.5) is 0 Å². The third-order valence-corrected chi connectivity index (χ3v) is 6.07. The fraction of sp³-hybridized carbons (Fsp3) is 0.964. The van der Waals surface area contributed by atoms with E-state index in [0.717, 1.165) is 26.1 Å². The maximum absolute atomic E-state index is 11.8. The minimum Gasteiger partial charge on any atom is -0.466 e. The second-order valence-electron chi connectivity index (χ2n) is 9.30. The van der Waals surface area contributed by atoms with E-state index < -0.39 is 0 Å². The molecule has 0 aromatic heterocycles. The van der Waals surface area contributed by atoms with Gasteiger partial charge in [0, 0.05) is 19.6 Å². The highest BCUT2D eigenvalue weighted by molar-refractivity contribution is 5.69. The number of rotatable bonds is 26. The number of unbranched alkanes of at least 4 members (excludes halogenated alkanes) is 18. The SMILES string of the molecule is CCCCCCCCCCCCCCCC(=O)OCCCCCCCCOCCCC. The monoisotopic (exact) mass is 440 g/mol. The Labute approximate surface area is 195 Å². The van der Waals surface area contributed by atoms with Crippen LogP contribution in [0.3, 0.4) is 0 Å². The molecule has 0 amide bonds. The zero-order valence-electron chi connectivity index (χ0n) is 21.4. The van der Waals surface area contributed by atoms with Gasteiger partial charge >= 0.3 is 5.97 Å². The van der Waals surface area contributed by atoms with Crippen LogP contribution in [0.1, 0.15) is 155 Å². The summed E-state index contributed by atoms with van der Waals surface area (Å²) in [5, 5.41) is 0. The molecule has 3 heteroatoms. The van der Waals surface area contributed by atoms with Crippen LogP contribution in [0.15, 0.2) is 0 Å². The molecule has 0 aromatic rings. The zero-order chi connectivity index (χ0) is 22.7. The van der Waals surface area contributed by atoms with Crippen molar-refractivity contribution in [3.05, 3.63) is 0 Å². The van der Waals surface area contributed by atoms with Gasteiger partial charge in [0.2, 0.25) is 0 Å². The lowest BCUT2D eigenvalue weighted by Gasteiger charge is -2.06. The number of hydrogen-bond acceptors (Lipinski definition) is 3. The van der Waals surface area contributed by atoms with Gasteiger partial charge in [0.25, 0.3) is 0 Å². The maximum Gasteiger partial charge on any atom is 0.305 e. The molecule has 0 aromatic carbocycles. The Bertz CT molecular complexity index is 343. The molecule has 0 radical (unpaired) electrons. The summed E-state index contributed by atoms with van der Waals surface area (Å²) in [6.07, 6.45) is 27.5. The van der Waals surface area contributed by atoms with Gasteiger partial charge in [0.15, 0.2) is 0 Å². The van der Waals surface area contributed by atoms with Gasteiger partial charge < -0.3 is 9.47 Å². The molecule has 0 aliphatic rings. The Morgan fingerprint density at radius 1 is 0.452 bits per heavy atom. The first-order valence-corrected chi connectivity index (χ1v) is 14.0. The lowest BCUT2D eigenvalue weighted by Crippen LogP contribution is -2.05. The molecule has 31 heavy (non-hydrogen) atoms. The largest absolute Gasteiger partial charge is 0.466 e. The van der Waals surface area contributed by atoms with E-state index in [-0.39, 0.29) is 5.97 Å². The van der Waals surface area contributed by atoms with Crippen LogP contribution in [0.5, 0.6) is 0 Å². The van der Waals surface area contributed by atoms with Gasteiger partial charge in [-0.1, -0.05) is 123 Å². The van der Waals surface area contributed by atoms with E-state index >= 15 is 0 Å². The molecule has 0 rings (SSSR count). The lowest BCUT2D eigenvalue weighted by molar-refractivity contribution is -0.143. The minimum absolute atomic E-state index is 0.00676. The summed E-state index contributed by atoms with van der Waals surface area (Å²) in [7, 11) is 0. The third-order valence-electron chi connectivity index (χ3n) is 6.07. The van der Waals surface area contributed by atoms with E-state index in [1.54, 1.807) is 0 Å². The Balaban J connectivity index is 3.14. The zero-order valence-corrected chi connectivity index (χ0v) is 21.4. The van der Waals surface area contributed by atoms with Gasteiger partial charge in [0.1, 0.15) is 0 Å². The van der Waals surface area contributed by atoms with Gasteiger partial charge in [-0.05, 0) is 25.7 Å². The molecule has 0 spiro atoms. The van der Waals surface area contributed by atoms with Crippen molar-refractivity contribution in [3.8, 4) is 0 Å². The quantitative estimate of drug-likeness (QED) is 0.0993. The summed E-state index contributed by atoms with van der Waals surface area (Å²) in [6.45, 7) is 6.91. The van der Waals surface area contributed by atoms with E-state index in [9.17, 15) is 4.79 Å². The molecule has 0 N–H and O–H groups in total. The van der Waals surface area contributed by atoms with Crippen molar-refractivity contribution >= 4 is 5.97 Å². The van der Waals surface area contributed by atoms with Gasteiger partial charge in [-0.3, -0.25) is 4.79 Å². The number of carbonyl (C=O) groups is 1. The first-order chi connectivity index (χ1) is 15.3. The number of carbonyl (C=O) groups excluding carboxylic acids is 1.